The number of ether oxygens (including phenoxy) is 1. The number of carbonyl (C=O) groups is 1. The summed E-state index contributed by atoms with van der Waals surface area (Å²) in [5.41, 5.74) is 1.37. The normalized spacial score (nSPS) is 11.4. The Morgan fingerprint density at radius 3 is 3.05 bits per heavy atom. The molecule has 0 spiro atoms. The zero-order valence-electron chi connectivity index (χ0n) is 11.7. The van der Waals surface area contributed by atoms with Crippen LogP contribution in [0.1, 0.15) is 18.2 Å². The van der Waals surface area contributed by atoms with Crippen molar-refractivity contribution < 1.29 is 9.53 Å². The van der Waals surface area contributed by atoms with Crippen LogP contribution in [-0.2, 0) is 11.2 Å². The van der Waals surface area contributed by atoms with Gasteiger partial charge in [-0.1, -0.05) is 12.1 Å². The first-order valence-corrected chi connectivity index (χ1v) is 6.61. The van der Waals surface area contributed by atoms with Gasteiger partial charge in [-0.05, 0) is 19.1 Å². The highest BCUT2D eigenvalue weighted by Crippen LogP contribution is 2.18. The maximum Gasteiger partial charge on any atom is 0.260 e. The predicted octanol–water partition coefficient (Wildman–Crippen LogP) is 1.41. The first-order valence-electron chi connectivity index (χ1n) is 6.61. The number of H-pyrrole nitrogens is 1. The molecule has 1 amide bonds. The summed E-state index contributed by atoms with van der Waals surface area (Å²) in [6.45, 7) is 2.15. The number of hydrogen-bond acceptors (Lipinski definition) is 4. The van der Waals surface area contributed by atoms with Gasteiger partial charge < -0.3 is 15.0 Å². The van der Waals surface area contributed by atoms with Crippen molar-refractivity contribution in [3.05, 3.63) is 48.0 Å². The van der Waals surface area contributed by atoms with Crippen LogP contribution < -0.4 is 10.1 Å². The van der Waals surface area contributed by atoms with Crippen LogP contribution >= 0.6 is 0 Å². The van der Waals surface area contributed by atoms with E-state index in [9.17, 15) is 4.79 Å². The summed E-state index contributed by atoms with van der Waals surface area (Å²) in [6, 6.07) is 8.87. The Labute approximate surface area is 122 Å². The van der Waals surface area contributed by atoms with E-state index in [1.165, 1.54) is 0 Å². The first kappa shape index (κ1) is 14.6. The summed E-state index contributed by atoms with van der Waals surface area (Å²) >= 11 is 0. The van der Waals surface area contributed by atoms with E-state index in [0.29, 0.717) is 24.3 Å². The van der Waals surface area contributed by atoms with E-state index in [2.05, 4.69) is 15.3 Å². The van der Waals surface area contributed by atoms with Crippen molar-refractivity contribution in [3.63, 3.8) is 0 Å². The second kappa shape index (κ2) is 7.10. The van der Waals surface area contributed by atoms with E-state index in [4.69, 9.17) is 10.00 Å². The molecule has 0 aliphatic heterocycles. The number of nitrogens with one attached hydrogen (secondary N) is 2. The highest BCUT2D eigenvalue weighted by atomic mass is 16.5. The molecule has 1 atom stereocenters. The van der Waals surface area contributed by atoms with Crippen molar-refractivity contribution in [3.8, 4) is 11.8 Å². The summed E-state index contributed by atoms with van der Waals surface area (Å²) in [5.74, 6) is 0.193. The van der Waals surface area contributed by atoms with Gasteiger partial charge >= 0.3 is 0 Å². The standard InChI is InChI=1S/C15H16N4O2/c1-11(21-14-5-3-2-4-12(14)8-16)15(20)18-7-6-13-9-17-10-19-13/h2-5,9-11H,6-7H2,1H3,(H,17,19)(H,18,20). The van der Waals surface area contributed by atoms with Gasteiger partial charge in [-0.2, -0.15) is 5.26 Å². The zero-order chi connectivity index (χ0) is 15.1. The van der Waals surface area contributed by atoms with Gasteiger partial charge in [0.1, 0.15) is 11.8 Å². The van der Waals surface area contributed by atoms with Crippen LogP contribution in [0.2, 0.25) is 0 Å². The van der Waals surface area contributed by atoms with Gasteiger partial charge in [0.25, 0.3) is 5.91 Å². The van der Waals surface area contributed by atoms with Crippen LogP contribution in [0.5, 0.6) is 5.75 Å². The largest absolute Gasteiger partial charge is 0.480 e. The number of aromatic amines is 1. The van der Waals surface area contributed by atoms with Crippen molar-refractivity contribution in [1.82, 2.24) is 15.3 Å². The third-order valence-electron chi connectivity index (χ3n) is 2.93. The van der Waals surface area contributed by atoms with Gasteiger partial charge in [-0.25, -0.2) is 4.98 Å². The Kier molecular flexibility index (Phi) is 4.94. The molecular weight excluding hydrogens is 268 g/mol. The molecular formula is C15H16N4O2. The fourth-order valence-electron chi connectivity index (χ4n) is 1.79. The van der Waals surface area contributed by atoms with Crippen LogP contribution in [0.15, 0.2) is 36.8 Å². The first-order chi connectivity index (χ1) is 10.2. The average molecular weight is 284 g/mol. The summed E-state index contributed by atoms with van der Waals surface area (Å²) in [6.07, 6.45) is 3.32. The molecule has 21 heavy (non-hydrogen) atoms. The fraction of sp³-hybridized carbons (Fsp3) is 0.267. The molecule has 1 aromatic carbocycles. The highest BCUT2D eigenvalue weighted by molar-refractivity contribution is 5.80. The lowest BCUT2D eigenvalue weighted by Gasteiger charge is -2.15. The second-order valence-electron chi connectivity index (χ2n) is 4.49. The number of para-hydroxylation sites is 1. The predicted molar refractivity (Wildman–Crippen MR) is 76.5 cm³/mol. The molecule has 108 valence electrons. The molecule has 1 unspecified atom stereocenters. The van der Waals surface area contributed by atoms with E-state index >= 15 is 0 Å². The van der Waals surface area contributed by atoms with Crippen LogP contribution in [0.25, 0.3) is 0 Å². The summed E-state index contributed by atoms with van der Waals surface area (Å²) in [5, 5.41) is 11.8. The molecule has 0 fully saturated rings. The monoisotopic (exact) mass is 284 g/mol. The number of aromatic nitrogens is 2. The van der Waals surface area contributed by atoms with Gasteiger partial charge in [0.2, 0.25) is 0 Å². The number of hydrogen-bond donors (Lipinski definition) is 2. The molecule has 0 radical (unpaired) electrons. The quantitative estimate of drug-likeness (QED) is 0.839. The highest BCUT2D eigenvalue weighted by Gasteiger charge is 2.15. The van der Waals surface area contributed by atoms with Gasteiger partial charge in [-0.3, -0.25) is 4.79 Å². The van der Waals surface area contributed by atoms with E-state index in [-0.39, 0.29) is 5.91 Å². The summed E-state index contributed by atoms with van der Waals surface area (Å²) in [7, 11) is 0. The minimum Gasteiger partial charge on any atom is -0.480 e. The Morgan fingerprint density at radius 1 is 1.52 bits per heavy atom. The molecule has 0 saturated carbocycles. The maximum atomic E-state index is 11.9. The molecule has 0 saturated heterocycles. The molecule has 0 aliphatic rings. The van der Waals surface area contributed by atoms with E-state index in [1.807, 2.05) is 6.07 Å². The Morgan fingerprint density at radius 2 is 2.33 bits per heavy atom. The molecule has 0 bridgehead atoms. The third kappa shape index (κ3) is 4.08. The van der Waals surface area contributed by atoms with Gasteiger partial charge in [0.15, 0.2) is 6.10 Å². The number of rotatable bonds is 6. The van der Waals surface area contributed by atoms with Crippen LogP contribution in [0.3, 0.4) is 0 Å². The topological polar surface area (TPSA) is 90.8 Å². The minimum absolute atomic E-state index is 0.220. The van der Waals surface area contributed by atoms with Crippen molar-refractivity contribution >= 4 is 5.91 Å². The van der Waals surface area contributed by atoms with Crippen molar-refractivity contribution in [1.29, 1.82) is 5.26 Å². The molecule has 0 aliphatic carbocycles. The van der Waals surface area contributed by atoms with Crippen LogP contribution in [0.4, 0.5) is 0 Å². The molecule has 1 aromatic heterocycles. The summed E-state index contributed by atoms with van der Waals surface area (Å²) in [4.78, 5) is 18.8. The molecule has 6 nitrogen and oxygen atoms in total. The minimum atomic E-state index is -0.665. The van der Waals surface area contributed by atoms with Gasteiger partial charge in [0.05, 0.1) is 11.9 Å². The Hall–Kier alpha value is -2.81. The average Bonchev–Trinajstić information content (AvgIpc) is 3.01. The third-order valence-corrected chi connectivity index (χ3v) is 2.93. The van der Waals surface area contributed by atoms with E-state index in [0.717, 1.165) is 5.69 Å². The van der Waals surface area contributed by atoms with Crippen LogP contribution in [0, 0.1) is 11.3 Å². The van der Waals surface area contributed by atoms with Crippen LogP contribution in [-0.4, -0.2) is 28.5 Å². The smallest absolute Gasteiger partial charge is 0.260 e. The molecule has 2 aromatic rings. The Balaban J connectivity index is 1.83. The van der Waals surface area contributed by atoms with E-state index < -0.39 is 6.10 Å². The number of imidazole rings is 1. The lowest BCUT2D eigenvalue weighted by molar-refractivity contribution is -0.127. The molecule has 1 heterocycles. The SMILES string of the molecule is CC(Oc1ccccc1C#N)C(=O)NCCc1cnc[nH]1. The Bertz CT molecular complexity index is 631. The zero-order valence-corrected chi connectivity index (χ0v) is 11.7. The number of amides is 1. The van der Waals surface area contributed by atoms with E-state index in [1.54, 1.807) is 43.7 Å². The van der Waals surface area contributed by atoms with Gasteiger partial charge in [0, 0.05) is 24.9 Å². The lowest BCUT2D eigenvalue weighted by Crippen LogP contribution is -2.37. The molecule has 2 rings (SSSR count). The fourth-order valence-corrected chi connectivity index (χ4v) is 1.79. The number of benzene rings is 1. The van der Waals surface area contributed by atoms with Crippen molar-refractivity contribution in [2.45, 2.75) is 19.4 Å². The summed E-state index contributed by atoms with van der Waals surface area (Å²) < 4.78 is 5.53. The van der Waals surface area contributed by atoms with Crippen molar-refractivity contribution in [2.24, 2.45) is 0 Å². The number of carbonyl (C=O) groups excluding carboxylic acids is 1. The maximum absolute atomic E-state index is 11.9. The van der Waals surface area contributed by atoms with Crippen molar-refractivity contribution in [2.75, 3.05) is 6.54 Å². The molecule has 6 heteroatoms. The molecule has 2 N–H and O–H groups in total. The van der Waals surface area contributed by atoms with Gasteiger partial charge in [-0.15, -0.1) is 0 Å². The lowest BCUT2D eigenvalue weighted by atomic mass is 10.2. The second-order valence-corrected chi connectivity index (χ2v) is 4.49. The number of nitriles is 1. The number of nitrogens with zero attached hydrogens (tertiary/aromatic N) is 2.